The Morgan fingerprint density at radius 3 is 0.825 bits per heavy atom. The van der Waals surface area contributed by atoms with Gasteiger partial charge in [-0.05, 0) is 135 Å². The number of carbonyl (C=O) groups excluding carboxylic acids is 3. The molecule has 0 fully saturated rings. The van der Waals surface area contributed by atoms with E-state index >= 15 is 0 Å². The Balaban J connectivity index is 4.19. The van der Waals surface area contributed by atoms with E-state index in [1.165, 1.54) is 109 Å². The Labute approximate surface area is 494 Å². The first-order valence-electron chi connectivity index (χ1n) is 33.2. The van der Waals surface area contributed by atoms with Crippen molar-refractivity contribution in [1.82, 2.24) is 0 Å². The van der Waals surface area contributed by atoms with E-state index in [9.17, 15) is 14.4 Å². The van der Waals surface area contributed by atoms with Gasteiger partial charge >= 0.3 is 17.9 Å². The quantitative estimate of drug-likeness (QED) is 0.0261. The molecule has 0 aromatic heterocycles. The minimum atomic E-state index is -0.790. The van der Waals surface area contributed by atoms with E-state index < -0.39 is 6.10 Å². The molecule has 454 valence electrons. The SMILES string of the molecule is CC/C=C\C/C=C\C/C=C\C/C=C\C/C=C\C/C=C\C/C=C\C/C=C\CCCCCCCCCCCCC(=O)OCC(COC(=O)CCCCCCC/C=C\CCC)OC(=O)CCCCCCCCC/C=C\C/C=C\CCCCC. The second-order valence-corrected chi connectivity index (χ2v) is 21.6. The molecule has 0 aliphatic carbocycles. The van der Waals surface area contributed by atoms with Gasteiger partial charge in [0.15, 0.2) is 6.10 Å². The minimum Gasteiger partial charge on any atom is -0.462 e. The number of hydrogen-bond donors (Lipinski definition) is 0. The third-order valence-corrected chi connectivity index (χ3v) is 13.8. The molecule has 0 aliphatic rings. The van der Waals surface area contributed by atoms with Crippen LogP contribution in [0.15, 0.2) is 134 Å². The summed E-state index contributed by atoms with van der Waals surface area (Å²) in [6.07, 6.45) is 94.7. The van der Waals surface area contributed by atoms with Crippen LogP contribution in [0.1, 0.15) is 297 Å². The summed E-state index contributed by atoms with van der Waals surface area (Å²) in [5.41, 5.74) is 0. The van der Waals surface area contributed by atoms with Gasteiger partial charge in [0.25, 0.3) is 0 Å². The van der Waals surface area contributed by atoms with Gasteiger partial charge < -0.3 is 14.2 Å². The maximum absolute atomic E-state index is 12.9. The topological polar surface area (TPSA) is 78.9 Å². The van der Waals surface area contributed by atoms with Crippen LogP contribution in [0.5, 0.6) is 0 Å². The summed E-state index contributed by atoms with van der Waals surface area (Å²) in [7, 11) is 0. The average Bonchev–Trinajstić information content (AvgIpc) is 3.46. The molecule has 80 heavy (non-hydrogen) atoms. The van der Waals surface area contributed by atoms with Crippen LogP contribution in [0.2, 0.25) is 0 Å². The van der Waals surface area contributed by atoms with Crippen molar-refractivity contribution in [1.29, 1.82) is 0 Å². The normalized spacial score (nSPS) is 13.0. The van der Waals surface area contributed by atoms with E-state index in [-0.39, 0.29) is 31.1 Å². The predicted octanol–water partition coefficient (Wildman–Crippen LogP) is 22.9. The molecule has 0 bridgehead atoms. The molecule has 0 aliphatic heterocycles. The molecule has 0 aromatic carbocycles. The third kappa shape index (κ3) is 64.4. The van der Waals surface area contributed by atoms with E-state index in [4.69, 9.17) is 14.2 Å². The Hall–Kier alpha value is -4.45. The van der Waals surface area contributed by atoms with Crippen molar-refractivity contribution >= 4 is 17.9 Å². The van der Waals surface area contributed by atoms with Gasteiger partial charge in [0, 0.05) is 19.3 Å². The number of unbranched alkanes of at least 4 members (excludes halogenated alkanes) is 26. The van der Waals surface area contributed by atoms with Gasteiger partial charge in [-0.1, -0.05) is 276 Å². The summed E-state index contributed by atoms with van der Waals surface area (Å²) >= 11 is 0. The van der Waals surface area contributed by atoms with Crippen molar-refractivity contribution in [2.75, 3.05) is 13.2 Å². The van der Waals surface area contributed by atoms with Crippen molar-refractivity contribution in [3.8, 4) is 0 Å². The lowest BCUT2D eigenvalue weighted by atomic mass is 10.1. The molecule has 0 saturated carbocycles. The molecule has 0 amide bonds. The van der Waals surface area contributed by atoms with Gasteiger partial charge in [-0.15, -0.1) is 0 Å². The fourth-order valence-electron chi connectivity index (χ4n) is 8.90. The highest BCUT2D eigenvalue weighted by molar-refractivity contribution is 5.71. The Kier molecular flexibility index (Phi) is 63.3. The van der Waals surface area contributed by atoms with Crippen LogP contribution < -0.4 is 0 Å². The molecule has 0 rings (SSSR count). The Bertz CT molecular complexity index is 1700. The van der Waals surface area contributed by atoms with Crippen LogP contribution in [-0.4, -0.2) is 37.2 Å². The van der Waals surface area contributed by atoms with Gasteiger partial charge in [0.2, 0.25) is 0 Å². The summed E-state index contributed by atoms with van der Waals surface area (Å²) in [5, 5.41) is 0. The lowest BCUT2D eigenvalue weighted by molar-refractivity contribution is -0.167. The molecule has 1 unspecified atom stereocenters. The van der Waals surface area contributed by atoms with Crippen molar-refractivity contribution < 1.29 is 28.6 Å². The lowest BCUT2D eigenvalue weighted by Gasteiger charge is -2.18. The number of ether oxygens (including phenoxy) is 3. The number of esters is 3. The van der Waals surface area contributed by atoms with Gasteiger partial charge in [-0.2, -0.15) is 0 Å². The molecule has 6 heteroatoms. The molecule has 1 atom stereocenters. The number of hydrogen-bond acceptors (Lipinski definition) is 6. The summed E-state index contributed by atoms with van der Waals surface area (Å²) in [6, 6.07) is 0. The zero-order valence-corrected chi connectivity index (χ0v) is 52.0. The van der Waals surface area contributed by atoms with Crippen LogP contribution in [0.25, 0.3) is 0 Å². The highest BCUT2D eigenvalue weighted by atomic mass is 16.6. The smallest absolute Gasteiger partial charge is 0.306 e. The van der Waals surface area contributed by atoms with E-state index in [0.717, 1.165) is 148 Å². The minimum absolute atomic E-state index is 0.0879. The third-order valence-electron chi connectivity index (χ3n) is 13.8. The first-order valence-corrected chi connectivity index (χ1v) is 33.2. The first-order chi connectivity index (χ1) is 39.5. The molecular formula is C74H122O6. The second kappa shape index (κ2) is 67.1. The molecule has 6 nitrogen and oxygen atoms in total. The summed E-state index contributed by atoms with van der Waals surface area (Å²) in [4.78, 5) is 38.2. The average molecular weight is 1110 g/mol. The fraction of sp³-hybridized carbons (Fsp3) is 0.662. The van der Waals surface area contributed by atoms with E-state index in [0.29, 0.717) is 19.3 Å². The second-order valence-electron chi connectivity index (χ2n) is 21.6. The Morgan fingerprint density at radius 1 is 0.263 bits per heavy atom. The Morgan fingerprint density at radius 2 is 0.512 bits per heavy atom. The van der Waals surface area contributed by atoms with Crippen molar-refractivity contribution in [3.05, 3.63) is 134 Å². The highest BCUT2D eigenvalue weighted by Crippen LogP contribution is 2.15. The molecule has 0 radical (unpaired) electrons. The standard InChI is InChI=1S/C74H122O6/c1-4-7-10-13-16-19-22-24-26-28-29-30-31-32-33-34-35-36-37-38-39-40-41-42-43-44-45-47-48-50-52-55-58-61-64-67-73(76)79-70-71(69-78-72(75)66-63-60-57-54-21-18-15-12-9-6-3)80-74(77)68-65-62-59-56-53-51-49-46-27-25-23-20-17-14-11-8-5-2/h7,10,12,15-17,19-20,24-27,29-30,32-33,35-36,38-39,41-42,71H,4-6,8-9,11,13-14,18,21-23,28,31,34,37,40,43-70H2,1-3H3/b10-7-,15-12-,19-16-,20-17-,26-24-,27-25-,30-29-,33-32-,36-35-,39-38-,42-41-. The van der Waals surface area contributed by atoms with Crippen LogP contribution in [0.4, 0.5) is 0 Å². The number of allylic oxidation sites excluding steroid dienone is 22. The van der Waals surface area contributed by atoms with Gasteiger partial charge in [0.1, 0.15) is 13.2 Å². The molecule has 0 heterocycles. The van der Waals surface area contributed by atoms with Gasteiger partial charge in [-0.25, -0.2) is 0 Å². The largest absolute Gasteiger partial charge is 0.462 e. The predicted molar refractivity (Wildman–Crippen MR) is 348 cm³/mol. The lowest BCUT2D eigenvalue weighted by Crippen LogP contribution is -2.30. The van der Waals surface area contributed by atoms with Crippen molar-refractivity contribution in [3.63, 3.8) is 0 Å². The maximum Gasteiger partial charge on any atom is 0.306 e. The van der Waals surface area contributed by atoms with Crippen LogP contribution in [0, 0.1) is 0 Å². The zero-order chi connectivity index (χ0) is 57.8. The highest BCUT2D eigenvalue weighted by Gasteiger charge is 2.19. The van der Waals surface area contributed by atoms with Gasteiger partial charge in [-0.3, -0.25) is 14.4 Å². The van der Waals surface area contributed by atoms with Crippen LogP contribution >= 0.6 is 0 Å². The summed E-state index contributed by atoms with van der Waals surface area (Å²) < 4.78 is 16.9. The fourth-order valence-corrected chi connectivity index (χ4v) is 8.90. The number of rotatable bonds is 59. The number of carbonyl (C=O) groups is 3. The van der Waals surface area contributed by atoms with E-state index in [2.05, 4.69) is 154 Å². The van der Waals surface area contributed by atoms with Crippen LogP contribution in [0.3, 0.4) is 0 Å². The first kappa shape index (κ1) is 75.5. The summed E-state index contributed by atoms with van der Waals surface area (Å²) in [5.74, 6) is -0.908. The van der Waals surface area contributed by atoms with Crippen molar-refractivity contribution in [2.45, 2.75) is 303 Å². The summed E-state index contributed by atoms with van der Waals surface area (Å²) in [6.45, 7) is 6.43. The van der Waals surface area contributed by atoms with Crippen molar-refractivity contribution in [2.24, 2.45) is 0 Å². The monoisotopic (exact) mass is 1110 g/mol. The van der Waals surface area contributed by atoms with E-state index in [1.807, 2.05) is 0 Å². The molecule has 0 N–H and O–H groups in total. The zero-order valence-electron chi connectivity index (χ0n) is 52.0. The van der Waals surface area contributed by atoms with Gasteiger partial charge in [0.05, 0.1) is 0 Å². The van der Waals surface area contributed by atoms with E-state index in [1.54, 1.807) is 0 Å². The molecular weight excluding hydrogens is 985 g/mol. The maximum atomic E-state index is 12.9. The van der Waals surface area contributed by atoms with Crippen LogP contribution in [-0.2, 0) is 28.6 Å². The molecule has 0 saturated heterocycles. The molecule has 0 spiro atoms. The molecule has 0 aromatic rings.